The van der Waals surface area contributed by atoms with Gasteiger partial charge < -0.3 is 10.1 Å². The molecule has 0 saturated carbocycles. The molecule has 0 amide bonds. The molecule has 5 nitrogen and oxygen atoms in total. The Morgan fingerprint density at radius 3 is 2.59 bits per heavy atom. The number of nitrogens with zero attached hydrogens (tertiary/aromatic N) is 3. The monoisotopic (exact) mass is 470 g/mol. The van der Waals surface area contributed by atoms with E-state index in [9.17, 15) is 0 Å². The summed E-state index contributed by atoms with van der Waals surface area (Å²) in [4.78, 5) is 4.70. The highest BCUT2D eigenvalue weighted by Gasteiger charge is 2.28. The molecule has 0 fully saturated rings. The number of hydrogen-bond donors (Lipinski definition) is 1. The summed E-state index contributed by atoms with van der Waals surface area (Å²) in [6.07, 6.45) is 0.686. The third-order valence-electron chi connectivity index (χ3n) is 4.82. The van der Waals surface area contributed by atoms with Crippen molar-refractivity contribution in [2.24, 2.45) is 0 Å². The Kier molecular flexibility index (Phi) is 5.79. The standard InChI is InChI=1S/C22H23BrN4OS/c1-5-8-29-22-25-21-19(26-27-22)16-11-15(23)6-7-17(16)24-20(28-21)18-13(3)9-12(2)10-14(18)4/h6-7,9-11,20,24H,5,8H2,1-4H3/t20-/m1/s1. The second-order valence-corrected chi connectivity index (χ2v) is 9.22. The van der Waals surface area contributed by atoms with Gasteiger partial charge in [0.15, 0.2) is 11.9 Å². The summed E-state index contributed by atoms with van der Waals surface area (Å²) in [7, 11) is 0. The predicted molar refractivity (Wildman–Crippen MR) is 122 cm³/mol. The van der Waals surface area contributed by atoms with Crippen LogP contribution < -0.4 is 10.1 Å². The first-order valence-corrected chi connectivity index (χ1v) is 11.4. The van der Waals surface area contributed by atoms with Gasteiger partial charge in [-0.25, -0.2) is 0 Å². The molecule has 3 aromatic rings. The number of aryl methyl sites for hydroxylation is 3. The van der Waals surface area contributed by atoms with E-state index in [1.807, 2.05) is 18.2 Å². The van der Waals surface area contributed by atoms with Crippen molar-refractivity contribution in [3.05, 3.63) is 57.1 Å². The molecule has 29 heavy (non-hydrogen) atoms. The predicted octanol–water partition coefficient (Wildman–Crippen LogP) is 6.23. The Bertz CT molecular complexity index is 1050. The fourth-order valence-electron chi connectivity index (χ4n) is 3.66. The van der Waals surface area contributed by atoms with Crippen LogP contribution in [0.5, 0.6) is 5.88 Å². The highest BCUT2D eigenvalue weighted by atomic mass is 79.9. The van der Waals surface area contributed by atoms with Crippen molar-refractivity contribution in [3.8, 4) is 17.1 Å². The Morgan fingerprint density at radius 1 is 1.10 bits per heavy atom. The third-order valence-corrected chi connectivity index (χ3v) is 6.36. The first-order valence-electron chi connectivity index (χ1n) is 9.64. The van der Waals surface area contributed by atoms with Gasteiger partial charge in [-0.15, -0.1) is 10.2 Å². The highest BCUT2D eigenvalue weighted by Crippen LogP contribution is 2.41. The van der Waals surface area contributed by atoms with Crippen molar-refractivity contribution in [3.63, 3.8) is 0 Å². The van der Waals surface area contributed by atoms with E-state index in [1.165, 1.54) is 16.7 Å². The lowest BCUT2D eigenvalue weighted by Crippen LogP contribution is -2.19. The van der Waals surface area contributed by atoms with E-state index in [-0.39, 0.29) is 6.23 Å². The topological polar surface area (TPSA) is 59.9 Å². The molecule has 0 unspecified atom stereocenters. The molecule has 150 valence electrons. The molecule has 7 heteroatoms. The van der Waals surface area contributed by atoms with Crippen molar-refractivity contribution in [1.82, 2.24) is 15.2 Å². The van der Waals surface area contributed by atoms with Crippen LogP contribution in [0.25, 0.3) is 11.3 Å². The number of benzene rings is 2. The maximum atomic E-state index is 6.43. The Balaban J connectivity index is 1.86. The number of thioether (sulfide) groups is 1. The minimum Gasteiger partial charge on any atom is -0.448 e. The summed E-state index contributed by atoms with van der Waals surface area (Å²) in [6, 6.07) is 10.4. The zero-order chi connectivity index (χ0) is 20.5. The zero-order valence-corrected chi connectivity index (χ0v) is 19.3. The molecule has 0 aliphatic carbocycles. The smallest absolute Gasteiger partial charge is 0.247 e. The van der Waals surface area contributed by atoms with Crippen molar-refractivity contribution >= 4 is 33.4 Å². The molecule has 0 spiro atoms. The Hall–Kier alpha value is -2.12. The van der Waals surface area contributed by atoms with Crippen LogP contribution in [0.2, 0.25) is 0 Å². The number of hydrogen-bond acceptors (Lipinski definition) is 6. The fourth-order valence-corrected chi connectivity index (χ4v) is 4.65. The van der Waals surface area contributed by atoms with Crippen LogP contribution in [0.4, 0.5) is 5.69 Å². The van der Waals surface area contributed by atoms with Gasteiger partial charge in [-0.2, -0.15) is 4.98 Å². The molecule has 2 aromatic carbocycles. The Morgan fingerprint density at radius 2 is 1.86 bits per heavy atom. The molecule has 0 saturated heterocycles. The maximum absolute atomic E-state index is 6.43. The van der Waals surface area contributed by atoms with Crippen LogP contribution >= 0.6 is 27.7 Å². The average Bonchev–Trinajstić information content (AvgIpc) is 2.81. The second kappa shape index (κ2) is 8.32. The van der Waals surface area contributed by atoms with Gasteiger partial charge in [0, 0.05) is 27.0 Å². The van der Waals surface area contributed by atoms with Gasteiger partial charge in [-0.05, 0) is 56.5 Å². The van der Waals surface area contributed by atoms with Crippen LogP contribution in [0.3, 0.4) is 0 Å². The SMILES string of the molecule is CCCSc1nnc2c(n1)O[C@H](c1c(C)cc(C)cc1C)Nc1ccc(Br)cc1-2. The fraction of sp³-hybridized carbons (Fsp3) is 0.318. The van der Waals surface area contributed by atoms with Gasteiger partial charge >= 0.3 is 0 Å². The molecule has 0 bridgehead atoms. The first-order chi connectivity index (χ1) is 14.0. The minimum absolute atomic E-state index is 0.363. The normalized spacial score (nSPS) is 15.0. The second-order valence-electron chi connectivity index (χ2n) is 7.24. The third kappa shape index (κ3) is 4.12. The summed E-state index contributed by atoms with van der Waals surface area (Å²) in [5.41, 5.74) is 7.25. The molecule has 2 heterocycles. The summed E-state index contributed by atoms with van der Waals surface area (Å²) < 4.78 is 7.40. The van der Waals surface area contributed by atoms with E-state index in [0.29, 0.717) is 16.7 Å². The summed E-state index contributed by atoms with van der Waals surface area (Å²) in [5, 5.41) is 13.0. The number of halogens is 1. The van der Waals surface area contributed by atoms with Crippen molar-refractivity contribution in [2.75, 3.05) is 11.1 Å². The molecule has 0 radical (unpaired) electrons. The highest BCUT2D eigenvalue weighted by molar-refractivity contribution is 9.10. The van der Waals surface area contributed by atoms with Crippen molar-refractivity contribution in [1.29, 1.82) is 0 Å². The van der Waals surface area contributed by atoms with Crippen molar-refractivity contribution < 1.29 is 4.74 Å². The molecular weight excluding hydrogens is 448 g/mol. The number of anilines is 1. The largest absolute Gasteiger partial charge is 0.448 e. The average molecular weight is 471 g/mol. The molecule has 1 N–H and O–H groups in total. The number of fused-ring (bicyclic) bond motifs is 3. The lowest BCUT2D eigenvalue weighted by atomic mass is 9.98. The zero-order valence-electron chi connectivity index (χ0n) is 16.9. The van der Waals surface area contributed by atoms with E-state index in [1.54, 1.807) is 11.8 Å². The molecule has 1 aliphatic heterocycles. The van der Waals surface area contributed by atoms with Gasteiger partial charge in [0.2, 0.25) is 11.0 Å². The number of rotatable bonds is 4. The summed E-state index contributed by atoms with van der Waals surface area (Å²) >= 11 is 5.16. The van der Waals surface area contributed by atoms with Crippen LogP contribution in [-0.4, -0.2) is 20.9 Å². The quantitative estimate of drug-likeness (QED) is 0.455. The van der Waals surface area contributed by atoms with E-state index < -0.39 is 0 Å². The van der Waals surface area contributed by atoms with E-state index in [4.69, 9.17) is 9.72 Å². The van der Waals surface area contributed by atoms with Crippen LogP contribution in [0, 0.1) is 20.8 Å². The van der Waals surface area contributed by atoms with E-state index in [0.717, 1.165) is 33.5 Å². The molecule has 1 aromatic heterocycles. The lowest BCUT2D eigenvalue weighted by molar-refractivity contribution is 0.224. The Labute approximate surface area is 183 Å². The summed E-state index contributed by atoms with van der Waals surface area (Å²) in [6.45, 7) is 8.49. The molecule has 4 rings (SSSR count). The van der Waals surface area contributed by atoms with Crippen LogP contribution in [-0.2, 0) is 0 Å². The molecule has 1 aliphatic rings. The number of aromatic nitrogens is 3. The van der Waals surface area contributed by atoms with Gasteiger partial charge in [0.1, 0.15) is 0 Å². The van der Waals surface area contributed by atoms with Gasteiger partial charge in [-0.1, -0.05) is 52.3 Å². The van der Waals surface area contributed by atoms with Crippen LogP contribution in [0.1, 0.15) is 41.8 Å². The van der Waals surface area contributed by atoms with Crippen LogP contribution in [0.15, 0.2) is 40.0 Å². The first kappa shape index (κ1) is 20.2. The van der Waals surface area contributed by atoms with Crippen molar-refractivity contribution in [2.45, 2.75) is 45.5 Å². The lowest BCUT2D eigenvalue weighted by Gasteiger charge is -2.23. The number of nitrogens with one attached hydrogen (secondary N) is 1. The summed E-state index contributed by atoms with van der Waals surface area (Å²) in [5.74, 6) is 1.45. The van der Waals surface area contributed by atoms with Gasteiger partial charge in [0.25, 0.3) is 0 Å². The van der Waals surface area contributed by atoms with E-state index in [2.05, 4.69) is 71.3 Å². The minimum atomic E-state index is -0.363. The number of ether oxygens (including phenoxy) is 1. The van der Waals surface area contributed by atoms with Gasteiger partial charge in [-0.3, -0.25) is 0 Å². The maximum Gasteiger partial charge on any atom is 0.247 e. The van der Waals surface area contributed by atoms with Gasteiger partial charge in [0.05, 0.1) is 0 Å². The van der Waals surface area contributed by atoms with E-state index >= 15 is 0 Å². The molecule has 1 atom stereocenters. The molecular formula is C22H23BrN4OS.